The van der Waals surface area contributed by atoms with Crippen molar-refractivity contribution < 1.29 is 13.2 Å². The summed E-state index contributed by atoms with van der Waals surface area (Å²) in [4.78, 5) is 17.9. The topological polar surface area (TPSA) is 91.4 Å². The van der Waals surface area contributed by atoms with E-state index in [0.29, 0.717) is 29.5 Å². The molecule has 7 nitrogen and oxygen atoms in total. The number of sulfonamides is 1. The van der Waals surface area contributed by atoms with E-state index in [2.05, 4.69) is 15.6 Å². The van der Waals surface area contributed by atoms with Crippen molar-refractivity contribution in [1.82, 2.24) is 14.6 Å². The van der Waals surface area contributed by atoms with Gasteiger partial charge in [0, 0.05) is 24.4 Å². The molecular weight excluding hydrogens is 432 g/mol. The highest BCUT2D eigenvalue weighted by Gasteiger charge is 2.30. The smallest absolute Gasteiger partial charge is 0.321 e. The second-order valence-electron chi connectivity index (χ2n) is 7.58. The highest BCUT2D eigenvalue weighted by atomic mass is 32.2. The molecule has 0 bridgehead atoms. The molecule has 0 unspecified atom stereocenters. The Balaban J connectivity index is 1.39. The Hall–Kier alpha value is -2.75. The van der Waals surface area contributed by atoms with Crippen LogP contribution in [0.5, 0.6) is 0 Å². The summed E-state index contributed by atoms with van der Waals surface area (Å²) >= 11 is 1.32. The number of rotatable bonds is 5. The van der Waals surface area contributed by atoms with E-state index in [4.69, 9.17) is 0 Å². The van der Waals surface area contributed by atoms with Gasteiger partial charge in [0.15, 0.2) is 5.13 Å². The molecule has 1 aromatic heterocycles. The lowest BCUT2D eigenvalue weighted by atomic mass is 10.1. The number of thiazole rings is 1. The summed E-state index contributed by atoms with van der Waals surface area (Å²) in [6.45, 7) is 4.98. The van der Waals surface area contributed by atoms with E-state index in [9.17, 15) is 13.2 Å². The first-order valence-electron chi connectivity index (χ1n) is 9.97. The number of amides is 2. The first-order valence-corrected chi connectivity index (χ1v) is 12.2. The highest BCUT2D eigenvalue weighted by molar-refractivity contribution is 7.89. The predicted octanol–water partition coefficient (Wildman–Crippen LogP) is 3.83. The van der Waals surface area contributed by atoms with Crippen molar-refractivity contribution in [3.8, 4) is 0 Å². The molecule has 0 saturated carbocycles. The molecule has 0 radical (unpaired) electrons. The van der Waals surface area contributed by atoms with Crippen LogP contribution in [0.15, 0.2) is 53.4 Å². The van der Waals surface area contributed by atoms with Crippen LogP contribution in [0.1, 0.15) is 27.3 Å². The number of aromatic nitrogens is 1. The van der Waals surface area contributed by atoms with Crippen LogP contribution >= 0.6 is 11.3 Å². The number of aryl methyl sites for hydroxylation is 2. The fraction of sp³-hybridized carbons (Fsp3) is 0.273. The zero-order valence-electron chi connectivity index (χ0n) is 17.4. The van der Waals surface area contributed by atoms with E-state index in [1.165, 1.54) is 21.2 Å². The van der Waals surface area contributed by atoms with Gasteiger partial charge in [0.05, 0.1) is 17.1 Å². The lowest BCUT2D eigenvalue weighted by molar-refractivity contribution is 0.251. The van der Waals surface area contributed by atoms with Gasteiger partial charge in [-0.15, -0.1) is 0 Å². The normalized spacial score (nSPS) is 14.1. The third-order valence-corrected chi connectivity index (χ3v) is 8.01. The van der Waals surface area contributed by atoms with Crippen molar-refractivity contribution in [1.29, 1.82) is 0 Å². The molecule has 2 N–H and O–H groups in total. The van der Waals surface area contributed by atoms with Crippen LogP contribution in [0.2, 0.25) is 0 Å². The van der Waals surface area contributed by atoms with E-state index in [1.807, 2.05) is 38.1 Å². The van der Waals surface area contributed by atoms with Crippen LogP contribution in [0.3, 0.4) is 0 Å². The average Bonchev–Trinajstić information content (AvgIpc) is 3.15. The van der Waals surface area contributed by atoms with E-state index in [-0.39, 0.29) is 12.6 Å². The van der Waals surface area contributed by atoms with Crippen LogP contribution in [-0.4, -0.2) is 30.3 Å². The number of hydrogen-bond donors (Lipinski definition) is 2. The fourth-order valence-electron chi connectivity index (χ4n) is 3.32. The van der Waals surface area contributed by atoms with E-state index in [1.54, 1.807) is 24.3 Å². The molecule has 0 saturated heterocycles. The summed E-state index contributed by atoms with van der Waals surface area (Å²) in [6.07, 6.45) is 0.517. The molecule has 2 aromatic carbocycles. The van der Waals surface area contributed by atoms with Crippen LogP contribution < -0.4 is 10.6 Å². The Kier molecular flexibility index (Phi) is 6.08. The molecule has 0 aliphatic carbocycles. The molecule has 162 valence electrons. The summed E-state index contributed by atoms with van der Waals surface area (Å²) in [5, 5.41) is 6.05. The van der Waals surface area contributed by atoms with Gasteiger partial charge < -0.3 is 5.32 Å². The van der Waals surface area contributed by atoms with Gasteiger partial charge in [0.1, 0.15) is 0 Å². The second kappa shape index (κ2) is 8.78. The van der Waals surface area contributed by atoms with Gasteiger partial charge in [-0.05, 0) is 31.5 Å². The maximum atomic E-state index is 13.0. The van der Waals surface area contributed by atoms with Crippen molar-refractivity contribution in [2.24, 2.45) is 0 Å². The van der Waals surface area contributed by atoms with Crippen molar-refractivity contribution in [3.05, 3.63) is 75.8 Å². The molecule has 2 amide bonds. The molecule has 3 aromatic rings. The monoisotopic (exact) mass is 456 g/mol. The summed E-state index contributed by atoms with van der Waals surface area (Å²) in [7, 11) is -3.57. The number of carbonyl (C=O) groups is 1. The van der Waals surface area contributed by atoms with Gasteiger partial charge in [-0.25, -0.2) is 18.2 Å². The standard InChI is InChI=1S/C22H24N4O3S2/c1-15-3-7-17(8-4-15)13-23-21(27)25-22-24-19-11-12-26(14-20(19)30-22)31(28,29)18-9-5-16(2)6-10-18/h3-10H,11-14H2,1-2H3,(H2,23,24,25,27). The Morgan fingerprint density at radius 1 is 1.06 bits per heavy atom. The summed E-state index contributed by atoms with van der Waals surface area (Å²) in [6, 6.07) is 14.5. The fourth-order valence-corrected chi connectivity index (χ4v) is 5.83. The van der Waals surface area contributed by atoms with Crippen molar-refractivity contribution in [2.75, 3.05) is 11.9 Å². The van der Waals surface area contributed by atoms with Gasteiger partial charge in [-0.2, -0.15) is 4.31 Å². The minimum Gasteiger partial charge on any atom is -0.334 e. The number of fused-ring (bicyclic) bond motifs is 1. The summed E-state index contributed by atoms with van der Waals surface area (Å²) < 4.78 is 27.4. The lowest BCUT2D eigenvalue weighted by Gasteiger charge is -2.25. The van der Waals surface area contributed by atoms with Gasteiger partial charge in [0.25, 0.3) is 0 Å². The molecule has 9 heteroatoms. The van der Waals surface area contributed by atoms with Crippen LogP contribution in [0.25, 0.3) is 0 Å². The third-order valence-electron chi connectivity index (χ3n) is 5.15. The van der Waals surface area contributed by atoms with Crippen molar-refractivity contribution >= 4 is 32.5 Å². The zero-order valence-corrected chi connectivity index (χ0v) is 19.0. The number of nitrogens with one attached hydrogen (secondary N) is 2. The van der Waals surface area contributed by atoms with Crippen molar-refractivity contribution in [3.63, 3.8) is 0 Å². The number of urea groups is 1. The Bertz CT molecular complexity index is 1190. The number of hydrogen-bond acceptors (Lipinski definition) is 5. The molecule has 0 atom stereocenters. The van der Waals surface area contributed by atoms with Gasteiger partial charge in [-0.1, -0.05) is 58.9 Å². The van der Waals surface area contributed by atoms with Crippen LogP contribution in [0, 0.1) is 13.8 Å². The average molecular weight is 457 g/mol. The molecular formula is C22H24N4O3S2. The molecule has 0 fully saturated rings. The number of anilines is 1. The van der Waals surface area contributed by atoms with Gasteiger partial charge >= 0.3 is 6.03 Å². The van der Waals surface area contributed by atoms with Crippen molar-refractivity contribution in [2.45, 2.75) is 38.3 Å². The second-order valence-corrected chi connectivity index (χ2v) is 10.6. The third kappa shape index (κ3) is 4.95. The highest BCUT2D eigenvalue weighted by Crippen LogP contribution is 2.31. The van der Waals surface area contributed by atoms with Gasteiger partial charge in [0.2, 0.25) is 10.0 Å². The molecule has 1 aliphatic rings. The molecule has 1 aliphatic heterocycles. The minimum absolute atomic E-state index is 0.260. The number of nitrogens with zero attached hydrogens (tertiary/aromatic N) is 2. The Labute approximate surface area is 186 Å². The summed E-state index contributed by atoms with van der Waals surface area (Å²) in [5.41, 5.74) is 4.03. The molecule has 2 heterocycles. The van der Waals surface area contributed by atoms with E-state index >= 15 is 0 Å². The Morgan fingerprint density at radius 2 is 1.71 bits per heavy atom. The zero-order chi connectivity index (χ0) is 22.0. The number of carbonyl (C=O) groups excluding carboxylic acids is 1. The molecule has 31 heavy (non-hydrogen) atoms. The molecule has 0 spiro atoms. The SMILES string of the molecule is Cc1ccc(CNC(=O)Nc2nc3c(s2)CN(S(=O)(=O)c2ccc(C)cc2)CC3)cc1. The largest absolute Gasteiger partial charge is 0.334 e. The first-order chi connectivity index (χ1) is 14.8. The van der Waals surface area contributed by atoms with Crippen LogP contribution in [0.4, 0.5) is 9.93 Å². The maximum Gasteiger partial charge on any atom is 0.321 e. The van der Waals surface area contributed by atoms with Crippen LogP contribution in [-0.2, 0) is 29.5 Å². The Morgan fingerprint density at radius 3 is 2.39 bits per heavy atom. The predicted molar refractivity (Wildman–Crippen MR) is 122 cm³/mol. The van der Waals surface area contributed by atoms with E-state index < -0.39 is 10.0 Å². The lowest BCUT2D eigenvalue weighted by Crippen LogP contribution is -2.35. The number of benzene rings is 2. The maximum absolute atomic E-state index is 13.0. The summed E-state index contributed by atoms with van der Waals surface area (Å²) in [5.74, 6) is 0. The van der Waals surface area contributed by atoms with Gasteiger partial charge in [-0.3, -0.25) is 5.32 Å². The molecule has 4 rings (SSSR count). The van der Waals surface area contributed by atoms with E-state index in [0.717, 1.165) is 21.7 Å². The minimum atomic E-state index is -3.57. The quantitative estimate of drug-likeness (QED) is 0.610. The first kappa shape index (κ1) is 21.5.